The lowest BCUT2D eigenvalue weighted by Crippen LogP contribution is -2.49. The molecule has 1 fully saturated rings. The molecule has 1 amide bonds. The van der Waals surface area contributed by atoms with Gasteiger partial charge in [-0.05, 0) is 39.0 Å². The van der Waals surface area contributed by atoms with Gasteiger partial charge >= 0.3 is 6.09 Å². The van der Waals surface area contributed by atoms with Crippen molar-refractivity contribution in [3.8, 4) is 11.5 Å². The van der Waals surface area contributed by atoms with Crippen LogP contribution in [0.2, 0.25) is 0 Å². The number of amides is 1. The van der Waals surface area contributed by atoms with E-state index in [0.717, 1.165) is 29.9 Å². The molecule has 0 saturated carbocycles. The van der Waals surface area contributed by atoms with E-state index in [0.29, 0.717) is 47.8 Å². The van der Waals surface area contributed by atoms with E-state index < -0.39 is 5.60 Å². The summed E-state index contributed by atoms with van der Waals surface area (Å²) in [5, 5.41) is 19.9. The zero-order chi connectivity index (χ0) is 26.9. The SMILES string of the molecule is COc1ccc2c(O)c(C=C3N=Nc4ccccc43)oc2c1C=CCN1CCN(C(=O)OC(C)(C)C)CC1. The smallest absolute Gasteiger partial charge is 0.410 e. The Morgan fingerprint density at radius 2 is 1.87 bits per heavy atom. The van der Waals surface area contributed by atoms with Gasteiger partial charge in [0.05, 0.1) is 29.4 Å². The second kappa shape index (κ2) is 10.3. The maximum Gasteiger partial charge on any atom is 0.410 e. The number of ether oxygens (including phenoxy) is 2. The standard InChI is InChI=1S/C29H32N4O5/c1-29(2,3)38-28(35)33-16-14-32(15-17-33)13-7-9-20-24(36-4)12-11-21-26(34)25(37-27(20)21)18-23-19-8-5-6-10-22(19)30-31-23/h5-12,18,34H,13-17H2,1-4H3. The first-order valence-corrected chi connectivity index (χ1v) is 12.7. The van der Waals surface area contributed by atoms with Gasteiger partial charge in [0.15, 0.2) is 11.5 Å². The number of nitrogens with zero attached hydrogens (tertiary/aromatic N) is 4. The predicted octanol–water partition coefficient (Wildman–Crippen LogP) is 6.31. The van der Waals surface area contributed by atoms with Crippen molar-refractivity contribution in [2.45, 2.75) is 26.4 Å². The molecule has 38 heavy (non-hydrogen) atoms. The summed E-state index contributed by atoms with van der Waals surface area (Å²) in [4.78, 5) is 16.3. The summed E-state index contributed by atoms with van der Waals surface area (Å²) in [6.07, 6.45) is 5.43. The van der Waals surface area contributed by atoms with Crippen LogP contribution in [0.1, 0.15) is 37.7 Å². The topological polar surface area (TPSA) is 100 Å². The predicted molar refractivity (Wildman–Crippen MR) is 147 cm³/mol. The highest BCUT2D eigenvalue weighted by atomic mass is 16.6. The van der Waals surface area contributed by atoms with Crippen LogP contribution in [0, 0.1) is 0 Å². The summed E-state index contributed by atoms with van der Waals surface area (Å²) in [6, 6.07) is 11.3. The molecule has 0 atom stereocenters. The van der Waals surface area contributed by atoms with Gasteiger partial charge in [-0.2, -0.15) is 0 Å². The maximum atomic E-state index is 12.3. The number of fused-ring (bicyclic) bond motifs is 2. The zero-order valence-corrected chi connectivity index (χ0v) is 22.1. The van der Waals surface area contributed by atoms with Gasteiger partial charge in [-0.1, -0.05) is 30.4 Å². The van der Waals surface area contributed by atoms with Crippen molar-refractivity contribution >= 4 is 40.6 Å². The lowest BCUT2D eigenvalue weighted by atomic mass is 10.1. The summed E-state index contributed by atoms with van der Waals surface area (Å²) in [6.45, 7) is 9.05. The van der Waals surface area contributed by atoms with Crippen molar-refractivity contribution in [3.05, 3.63) is 59.4 Å². The Morgan fingerprint density at radius 3 is 2.61 bits per heavy atom. The first kappa shape index (κ1) is 25.5. The number of furan rings is 1. The molecule has 9 heteroatoms. The molecule has 2 aliphatic rings. The van der Waals surface area contributed by atoms with E-state index in [1.807, 2.05) is 63.3 Å². The van der Waals surface area contributed by atoms with E-state index in [4.69, 9.17) is 13.9 Å². The molecule has 1 saturated heterocycles. The molecule has 2 aliphatic heterocycles. The van der Waals surface area contributed by atoms with E-state index in [1.54, 1.807) is 24.2 Å². The van der Waals surface area contributed by atoms with Gasteiger partial charge in [-0.15, -0.1) is 10.2 Å². The van der Waals surface area contributed by atoms with E-state index in [1.165, 1.54) is 0 Å². The fourth-order valence-corrected chi connectivity index (χ4v) is 4.53. The van der Waals surface area contributed by atoms with E-state index in [-0.39, 0.29) is 11.8 Å². The minimum absolute atomic E-state index is 0.0441. The number of methoxy groups -OCH3 is 1. The molecular formula is C29H32N4O5. The number of azo groups is 1. The number of aromatic hydroxyl groups is 1. The minimum atomic E-state index is -0.501. The molecule has 0 aliphatic carbocycles. The Labute approximate surface area is 221 Å². The molecule has 1 aromatic heterocycles. The van der Waals surface area contributed by atoms with Crippen LogP contribution in [-0.4, -0.2) is 66.4 Å². The van der Waals surface area contributed by atoms with E-state index >= 15 is 0 Å². The number of carbonyl (C=O) groups excluding carboxylic acids is 1. The summed E-state index contributed by atoms with van der Waals surface area (Å²) in [5.41, 5.74) is 3.07. The molecule has 2 aromatic carbocycles. The van der Waals surface area contributed by atoms with E-state index in [2.05, 4.69) is 15.1 Å². The van der Waals surface area contributed by atoms with Crippen LogP contribution < -0.4 is 4.74 Å². The molecule has 1 N–H and O–H groups in total. The van der Waals surface area contributed by atoms with Crippen molar-refractivity contribution in [3.63, 3.8) is 0 Å². The average Bonchev–Trinajstić information content (AvgIpc) is 3.44. The number of hydrogen-bond acceptors (Lipinski definition) is 8. The molecule has 0 radical (unpaired) electrons. The van der Waals surface area contributed by atoms with Crippen LogP contribution in [0.25, 0.3) is 28.8 Å². The molecule has 198 valence electrons. The lowest BCUT2D eigenvalue weighted by molar-refractivity contribution is 0.0154. The van der Waals surface area contributed by atoms with Gasteiger partial charge in [0.2, 0.25) is 0 Å². The Bertz CT molecular complexity index is 1440. The number of hydrogen-bond donors (Lipinski definition) is 1. The normalized spacial score (nSPS) is 17.1. The largest absolute Gasteiger partial charge is 0.504 e. The molecule has 3 aromatic rings. The average molecular weight is 517 g/mol. The fraction of sp³-hybridized carbons (Fsp3) is 0.345. The number of carbonyl (C=O) groups is 1. The highest BCUT2D eigenvalue weighted by Gasteiger charge is 2.25. The lowest BCUT2D eigenvalue weighted by Gasteiger charge is -2.35. The van der Waals surface area contributed by atoms with Gasteiger partial charge in [-0.25, -0.2) is 4.79 Å². The van der Waals surface area contributed by atoms with Crippen molar-refractivity contribution in [2.75, 3.05) is 39.8 Å². The molecule has 0 unspecified atom stereocenters. The fourth-order valence-electron chi connectivity index (χ4n) is 4.53. The van der Waals surface area contributed by atoms with Crippen LogP contribution in [0.15, 0.2) is 57.1 Å². The summed E-state index contributed by atoms with van der Waals surface area (Å²) >= 11 is 0. The van der Waals surface area contributed by atoms with Crippen molar-refractivity contribution in [1.29, 1.82) is 0 Å². The van der Waals surface area contributed by atoms with Crippen LogP contribution in [-0.2, 0) is 4.74 Å². The summed E-state index contributed by atoms with van der Waals surface area (Å²) < 4.78 is 17.2. The highest BCUT2D eigenvalue weighted by molar-refractivity contribution is 5.97. The second-order valence-corrected chi connectivity index (χ2v) is 10.3. The van der Waals surface area contributed by atoms with Gasteiger partial charge in [0, 0.05) is 44.4 Å². The van der Waals surface area contributed by atoms with Crippen molar-refractivity contribution in [2.24, 2.45) is 10.2 Å². The van der Waals surface area contributed by atoms with Gasteiger partial charge in [-0.3, -0.25) is 4.90 Å². The Kier molecular flexibility index (Phi) is 6.94. The quantitative estimate of drug-likeness (QED) is 0.427. The van der Waals surface area contributed by atoms with Crippen molar-refractivity contribution < 1.29 is 23.8 Å². The first-order valence-electron chi connectivity index (χ1n) is 12.7. The molecule has 9 nitrogen and oxygen atoms in total. The van der Waals surface area contributed by atoms with Crippen LogP contribution >= 0.6 is 0 Å². The number of benzene rings is 2. The first-order chi connectivity index (χ1) is 18.2. The van der Waals surface area contributed by atoms with Gasteiger partial charge in [0.25, 0.3) is 0 Å². The van der Waals surface area contributed by atoms with Crippen LogP contribution in [0.4, 0.5) is 10.5 Å². The molecular weight excluding hydrogens is 484 g/mol. The Balaban J connectivity index is 1.32. The molecule has 0 bridgehead atoms. The van der Waals surface area contributed by atoms with Gasteiger partial charge in [0.1, 0.15) is 16.9 Å². The van der Waals surface area contributed by atoms with Crippen LogP contribution in [0.3, 0.4) is 0 Å². The highest BCUT2D eigenvalue weighted by Crippen LogP contribution is 2.42. The second-order valence-electron chi connectivity index (χ2n) is 10.3. The molecule has 0 spiro atoms. The molecule has 3 heterocycles. The van der Waals surface area contributed by atoms with Crippen LogP contribution in [0.5, 0.6) is 11.5 Å². The van der Waals surface area contributed by atoms with Crippen molar-refractivity contribution in [1.82, 2.24) is 9.80 Å². The minimum Gasteiger partial charge on any atom is -0.504 e. The van der Waals surface area contributed by atoms with E-state index in [9.17, 15) is 9.90 Å². The monoisotopic (exact) mass is 516 g/mol. The third-order valence-corrected chi connectivity index (χ3v) is 6.46. The number of piperazine rings is 1. The Morgan fingerprint density at radius 1 is 1.11 bits per heavy atom. The third-order valence-electron chi connectivity index (χ3n) is 6.46. The van der Waals surface area contributed by atoms with Gasteiger partial charge < -0.3 is 23.9 Å². The summed E-state index contributed by atoms with van der Waals surface area (Å²) in [5.74, 6) is 0.997. The Hall–Kier alpha value is -4.11. The third kappa shape index (κ3) is 5.28. The molecule has 5 rings (SSSR count). The maximum absolute atomic E-state index is 12.3. The zero-order valence-electron chi connectivity index (χ0n) is 22.1. The summed E-state index contributed by atoms with van der Waals surface area (Å²) in [7, 11) is 1.61. The number of rotatable bonds is 5.